The number of hydrogen-bond donors (Lipinski definition) is 2. The fourth-order valence-corrected chi connectivity index (χ4v) is 1.83. The van der Waals surface area contributed by atoms with E-state index >= 15 is 0 Å². The Morgan fingerprint density at radius 3 is 2.63 bits per heavy atom. The molecule has 0 saturated carbocycles. The Labute approximate surface area is 117 Å². The Bertz CT molecular complexity index is 570. The van der Waals surface area contributed by atoms with Gasteiger partial charge < -0.3 is 10.6 Å². The van der Waals surface area contributed by atoms with E-state index in [2.05, 4.69) is 10.6 Å². The van der Waals surface area contributed by atoms with Crippen LogP contribution >= 0.6 is 11.6 Å². The SMILES string of the molecule is Cc1ccc(Cl)cc1NC(=O)CNc1ccccc1. The molecule has 0 saturated heterocycles. The summed E-state index contributed by atoms with van der Waals surface area (Å²) in [4.78, 5) is 11.8. The lowest BCUT2D eigenvalue weighted by Crippen LogP contribution is -2.22. The molecule has 19 heavy (non-hydrogen) atoms. The van der Waals surface area contributed by atoms with Gasteiger partial charge in [-0.15, -0.1) is 0 Å². The van der Waals surface area contributed by atoms with Crippen LogP contribution in [0.2, 0.25) is 5.02 Å². The van der Waals surface area contributed by atoms with Gasteiger partial charge in [-0.2, -0.15) is 0 Å². The van der Waals surface area contributed by atoms with Gasteiger partial charge >= 0.3 is 0 Å². The summed E-state index contributed by atoms with van der Waals surface area (Å²) in [7, 11) is 0. The molecule has 0 aliphatic rings. The van der Waals surface area contributed by atoms with Crippen LogP contribution in [-0.4, -0.2) is 12.5 Å². The Balaban J connectivity index is 1.93. The summed E-state index contributed by atoms with van der Waals surface area (Å²) in [5.74, 6) is -0.103. The van der Waals surface area contributed by atoms with Gasteiger partial charge in [-0.1, -0.05) is 35.9 Å². The van der Waals surface area contributed by atoms with Crippen molar-refractivity contribution >= 4 is 28.9 Å². The summed E-state index contributed by atoms with van der Waals surface area (Å²) >= 11 is 5.91. The molecule has 0 spiro atoms. The molecule has 2 aromatic rings. The standard InChI is InChI=1S/C15H15ClN2O/c1-11-7-8-12(16)9-14(11)18-15(19)10-17-13-5-3-2-4-6-13/h2-9,17H,10H2,1H3,(H,18,19). The monoisotopic (exact) mass is 274 g/mol. The first-order valence-corrected chi connectivity index (χ1v) is 6.38. The number of carbonyl (C=O) groups excluding carboxylic acids is 1. The minimum absolute atomic E-state index is 0.103. The highest BCUT2D eigenvalue weighted by atomic mass is 35.5. The van der Waals surface area contributed by atoms with Crippen molar-refractivity contribution in [3.05, 3.63) is 59.1 Å². The normalized spacial score (nSPS) is 10.0. The van der Waals surface area contributed by atoms with Gasteiger partial charge in [0.2, 0.25) is 5.91 Å². The lowest BCUT2D eigenvalue weighted by molar-refractivity contribution is -0.114. The van der Waals surface area contributed by atoms with E-state index in [4.69, 9.17) is 11.6 Å². The molecule has 4 heteroatoms. The number of carbonyl (C=O) groups is 1. The van der Waals surface area contributed by atoms with E-state index in [1.165, 1.54) is 0 Å². The van der Waals surface area contributed by atoms with Crippen molar-refractivity contribution in [3.8, 4) is 0 Å². The lowest BCUT2D eigenvalue weighted by Gasteiger charge is -2.10. The largest absolute Gasteiger partial charge is 0.376 e. The Kier molecular flexibility index (Phi) is 4.42. The van der Waals surface area contributed by atoms with E-state index in [1.54, 1.807) is 12.1 Å². The van der Waals surface area contributed by atoms with E-state index in [0.717, 1.165) is 16.9 Å². The molecule has 0 bridgehead atoms. The molecule has 98 valence electrons. The van der Waals surface area contributed by atoms with Gasteiger partial charge in [0.1, 0.15) is 0 Å². The predicted molar refractivity (Wildman–Crippen MR) is 79.8 cm³/mol. The summed E-state index contributed by atoms with van der Waals surface area (Å²) in [6.45, 7) is 2.15. The van der Waals surface area contributed by atoms with Crippen molar-refractivity contribution in [1.29, 1.82) is 0 Å². The highest BCUT2D eigenvalue weighted by Gasteiger charge is 2.05. The lowest BCUT2D eigenvalue weighted by atomic mass is 10.2. The minimum atomic E-state index is -0.103. The van der Waals surface area contributed by atoms with Gasteiger partial charge in [0.15, 0.2) is 0 Å². The molecular formula is C15H15ClN2O. The summed E-state index contributed by atoms with van der Waals surface area (Å²) < 4.78 is 0. The second-order valence-corrected chi connectivity index (χ2v) is 4.66. The average Bonchev–Trinajstić information content (AvgIpc) is 2.42. The maximum absolute atomic E-state index is 11.8. The molecule has 0 aromatic heterocycles. The second-order valence-electron chi connectivity index (χ2n) is 4.23. The highest BCUT2D eigenvalue weighted by molar-refractivity contribution is 6.31. The van der Waals surface area contributed by atoms with Crippen LogP contribution in [0.3, 0.4) is 0 Å². The zero-order valence-corrected chi connectivity index (χ0v) is 11.4. The molecule has 2 rings (SSSR count). The third-order valence-electron chi connectivity index (χ3n) is 2.70. The van der Waals surface area contributed by atoms with Crippen molar-refractivity contribution in [1.82, 2.24) is 0 Å². The van der Waals surface area contributed by atoms with Crippen LogP contribution < -0.4 is 10.6 Å². The maximum atomic E-state index is 11.8. The van der Waals surface area contributed by atoms with Crippen molar-refractivity contribution < 1.29 is 4.79 Å². The molecule has 0 radical (unpaired) electrons. The van der Waals surface area contributed by atoms with E-state index in [9.17, 15) is 4.79 Å². The summed E-state index contributed by atoms with van der Waals surface area (Å²) in [5, 5.41) is 6.50. The van der Waals surface area contributed by atoms with Gasteiger partial charge in [0.25, 0.3) is 0 Å². The molecule has 2 aromatic carbocycles. The van der Waals surface area contributed by atoms with Crippen LogP contribution in [0, 0.1) is 6.92 Å². The molecule has 0 aliphatic heterocycles. The zero-order valence-electron chi connectivity index (χ0n) is 10.6. The number of para-hydroxylation sites is 1. The topological polar surface area (TPSA) is 41.1 Å². The fourth-order valence-electron chi connectivity index (χ4n) is 1.66. The third kappa shape index (κ3) is 4.00. The van der Waals surface area contributed by atoms with Crippen molar-refractivity contribution in [3.63, 3.8) is 0 Å². The number of nitrogens with one attached hydrogen (secondary N) is 2. The van der Waals surface area contributed by atoms with Gasteiger partial charge in [0.05, 0.1) is 6.54 Å². The van der Waals surface area contributed by atoms with Crippen LogP contribution in [0.5, 0.6) is 0 Å². The van der Waals surface area contributed by atoms with Crippen LogP contribution in [0.1, 0.15) is 5.56 Å². The molecular weight excluding hydrogens is 260 g/mol. The fraction of sp³-hybridized carbons (Fsp3) is 0.133. The highest BCUT2D eigenvalue weighted by Crippen LogP contribution is 2.20. The molecule has 0 unspecified atom stereocenters. The molecule has 0 atom stereocenters. The molecule has 0 aliphatic carbocycles. The average molecular weight is 275 g/mol. The predicted octanol–water partition coefficient (Wildman–Crippen LogP) is 3.70. The number of anilines is 2. The number of aryl methyl sites for hydroxylation is 1. The van der Waals surface area contributed by atoms with Crippen LogP contribution in [0.25, 0.3) is 0 Å². The van der Waals surface area contributed by atoms with E-state index in [-0.39, 0.29) is 12.5 Å². The molecule has 0 fully saturated rings. The second kappa shape index (κ2) is 6.25. The first kappa shape index (κ1) is 13.4. The Morgan fingerprint density at radius 2 is 1.89 bits per heavy atom. The zero-order chi connectivity index (χ0) is 13.7. The van der Waals surface area contributed by atoms with Gasteiger partial charge in [-0.3, -0.25) is 4.79 Å². The number of halogens is 1. The summed E-state index contributed by atoms with van der Waals surface area (Å²) in [5.41, 5.74) is 2.64. The number of rotatable bonds is 4. The molecule has 3 nitrogen and oxygen atoms in total. The number of benzene rings is 2. The van der Waals surface area contributed by atoms with E-state index in [0.29, 0.717) is 5.02 Å². The van der Waals surface area contributed by atoms with Crippen molar-refractivity contribution in [2.45, 2.75) is 6.92 Å². The summed E-state index contributed by atoms with van der Waals surface area (Å²) in [6, 6.07) is 15.0. The van der Waals surface area contributed by atoms with Crippen LogP contribution in [0.15, 0.2) is 48.5 Å². The molecule has 2 N–H and O–H groups in total. The van der Waals surface area contributed by atoms with E-state index < -0.39 is 0 Å². The first-order chi connectivity index (χ1) is 9.15. The van der Waals surface area contributed by atoms with Crippen LogP contribution in [0.4, 0.5) is 11.4 Å². The molecule has 1 amide bonds. The third-order valence-corrected chi connectivity index (χ3v) is 2.94. The van der Waals surface area contributed by atoms with E-state index in [1.807, 2.05) is 43.3 Å². The van der Waals surface area contributed by atoms with Gasteiger partial charge in [-0.25, -0.2) is 0 Å². The minimum Gasteiger partial charge on any atom is -0.376 e. The summed E-state index contributed by atoms with van der Waals surface area (Å²) in [6.07, 6.45) is 0. The number of hydrogen-bond acceptors (Lipinski definition) is 2. The van der Waals surface area contributed by atoms with Gasteiger partial charge in [0, 0.05) is 16.4 Å². The van der Waals surface area contributed by atoms with Gasteiger partial charge in [-0.05, 0) is 36.8 Å². The van der Waals surface area contributed by atoms with Crippen molar-refractivity contribution in [2.75, 3.05) is 17.2 Å². The van der Waals surface area contributed by atoms with Crippen molar-refractivity contribution in [2.24, 2.45) is 0 Å². The Morgan fingerprint density at radius 1 is 1.16 bits per heavy atom. The smallest absolute Gasteiger partial charge is 0.243 e. The molecule has 0 heterocycles. The Hall–Kier alpha value is -2.00. The maximum Gasteiger partial charge on any atom is 0.243 e. The number of amides is 1. The quantitative estimate of drug-likeness (QED) is 0.893. The first-order valence-electron chi connectivity index (χ1n) is 6.00. The van der Waals surface area contributed by atoms with Crippen LogP contribution in [-0.2, 0) is 4.79 Å².